The van der Waals surface area contributed by atoms with E-state index in [1.54, 1.807) is 0 Å². The van der Waals surface area contributed by atoms with Crippen LogP contribution in [0, 0.1) is 5.92 Å². The molecule has 0 aromatic heterocycles. The summed E-state index contributed by atoms with van der Waals surface area (Å²) >= 11 is 0. The molecule has 1 saturated heterocycles. The normalized spacial score (nSPS) is 23.4. The number of rotatable bonds is 4. The summed E-state index contributed by atoms with van der Waals surface area (Å²) in [5.74, 6) is 0.421. The van der Waals surface area contributed by atoms with Crippen molar-refractivity contribution in [2.45, 2.75) is 31.7 Å². The maximum atomic E-state index is 11.7. The third kappa shape index (κ3) is 3.51. The maximum absolute atomic E-state index is 11.7. The molecule has 1 amide bonds. The minimum absolute atomic E-state index is 0.166. The van der Waals surface area contributed by atoms with Crippen LogP contribution in [0.15, 0.2) is 24.3 Å². The van der Waals surface area contributed by atoms with Gasteiger partial charge < -0.3 is 15.5 Å². The maximum Gasteiger partial charge on any atom is 0.227 e. The number of likely N-dealkylation sites (N-methyl/N-ethyl adjacent to an activating group) is 1. The first kappa shape index (κ1) is 13.4. The second kappa shape index (κ2) is 5.83. The van der Waals surface area contributed by atoms with Crippen LogP contribution in [0.4, 0.5) is 11.4 Å². The Hall–Kier alpha value is -1.55. The molecular weight excluding hydrogens is 250 g/mol. The molecule has 1 aromatic rings. The Labute approximate surface area is 120 Å². The predicted octanol–water partition coefficient (Wildman–Crippen LogP) is 2.54. The lowest BCUT2D eigenvalue weighted by Gasteiger charge is -2.30. The summed E-state index contributed by atoms with van der Waals surface area (Å²) in [6, 6.07) is 8.60. The SMILES string of the molecule is CN1CCCC(Nc2ccc(NC(=O)C3CC3)cc2)C1. The minimum Gasteiger partial charge on any atom is -0.381 e. The number of carbonyl (C=O) groups excluding carboxylic acids is 1. The molecule has 108 valence electrons. The van der Waals surface area contributed by atoms with Crippen LogP contribution in [0.2, 0.25) is 0 Å². The first-order valence-electron chi connectivity index (χ1n) is 7.57. The number of anilines is 2. The number of nitrogens with one attached hydrogen (secondary N) is 2. The van der Waals surface area contributed by atoms with E-state index < -0.39 is 0 Å². The number of carbonyl (C=O) groups is 1. The molecule has 2 N–H and O–H groups in total. The van der Waals surface area contributed by atoms with Crippen molar-refractivity contribution in [3.63, 3.8) is 0 Å². The number of piperidine rings is 1. The van der Waals surface area contributed by atoms with Gasteiger partial charge in [0.15, 0.2) is 0 Å². The van der Waals surface area contributed by atoms with Gasteiger partial charge >= 0.3 is 0 Å². The first-order chi connectivity index (χ1) is 9.70. The van der Waals surface area contributed by atoms with Crippen molar-refractivity contribution in [1.82, 2.24) is 4.90 Å². The van der Waals surface area contributed by atoms with E-state index in [0.717, 1.165) is 30.8 Å². The van der Waals surface area contributed by atoms with E-state index in [0.29, 0.717) is 6.04 Å². The van der Waals surface area contributed by atoms with Gasteiger partial charge in [0, 0.05) is 29.9 Å². The zero-order chi connectivity index (χ0) is 13.9. The van der Waals surface area contributed by atoms with Crippen molar-refractivity contribution in [2.75, 3.05) is 30.8 Å². The molecule has 2 fully saturated rings. The van der Waals surface area contributed by atoms with Gasteiger partial charge in [0.25, 0.3) is 0 Å². The number of hydrogen-bond acceptors (Lipinski definition) is 3. The predicted molar refractivity (Wildman–Crippen MR) is 81.9 cm³/mol. The fourth-order valence-electron chi connectivity index (χ4n) is 2.76. The van der Waals surface area contributed by atoms with E-state index in [4.69, 9.17) is 0 Å². The van der Waals surface area contributed by atoms with Crippen molar-refractivity contribution in [1.29, 1.82) is 0 Å². The highest BCUT2D eigenvalue weighted by atomic mass is 16.2. The summed E-state index contributed by atoms with van der Waals surface area (Å²) < 4.78 is 0. The molecule has 4 nitrogen and oxygen atoms in total. The van der Waals surface area contributed by atoms with Gasteiger partial charge in [-0.3, -0.25) is 4.79 Å². The Kier molecular flexibility index (Phi) is 3.92. The van der Waals surface area contributed by atoms with Gasteiger partial charge in [-0.25, -0.2) is 0 Å². The topological polar surface area (TPSA) is 44.4 Å². The number of hydrogen-bond donors (Lipinski definition) is 2. The Bertz CT molecular complexity index is 467. The average molecular weight is 273 g/mol. The van der Waals surface area contributed by atoms with E-state index in [1.807, 2.05) is 12.1 Å². The molecule has 1 aliphatic carbocycles. The van der Waals surface area contributed by atoms with Crippen molar-refractivity contribution in [3.8, 4) is 0 Å². The van der Waals surface area contributed by atoms with E-state index >= 15 is 0 Å². The van der Waals surface area contributed by atoms with Crippen LogP contribution in [0.1, 0.15) is 25.7 Å². The lowest BCUT2D eigenvalue weighted by atomic mass is 10.1. The molecule has 4 heteroatoms. The molecule has 1 atom stereocenters. The van der Waals surface area contributed by atoms with Crippen LogP contribution < -0.4 is 10.6 Å². The molecule has 20 heavy (non-hydrogen) atoms. The van der Waals surface area contributed by atoms with Gasteiger partial charge in [0.05, 0.1) is 0 Å². The summed E-state index contributed by atoms with van der Waals surface area (Å²) in [5.41, 5.74) is 2.03. The number of benzene rings is 1. The molecule has 0 bridgehead atoms. The number of amides is 1. The monoisotopic (exact) mass is 273 g/mol. The molecule has 0 spiro atoms. The molecule has 2 aliphatic rings. The van der Waals surface area contributed by atoms with Gasteiger partial charge in [0.2, 0.25) is 5.91 Å². The highest BCUT2D eigenvalue weighted by molar-refractivity contribution is 5.94. The van der Waals surface area contributed by atoms with Gasteiger partial charge in [-0.1, -0.05) is 0 Å². The molecule has 1 unspecified atom stereocenters. The standard InChI is InChI=1S/C16H23N3O/c1-19-10-2-3-15(11-19)17-13-6-8-14(9-7-13)18-16(20)12-4-5-12/h6-9,12,15,17H,2-5,10-11H2,1H3,(H,18,20). The average Bonchev–Trinajstić information content (AvgIpc) is 3.25. The van der Waals surface area contributed by atoms with Crippen molar-refractivity contribution >= 4 is 17.3 Å². The molecule has 1 aromatic carbocycles. The van der Waals surface area contributed by atoms with Crippen LogP contribution in [-0.2, 0) is 4.79 Å². The summed E-state index contributed by atoms with van der Waals surface area (Å²) in [7, 11) is 2.17. The quantitative estimate of drug-likeness (QED) is 0.886. The zero-order valence-electron chi connectivity index (χ0n) is 12.1. The van der Waals surface area contributed by atoms with Gasteiger partial charge in [0.1, 0.15) is 0 Å². The van der Waals surface area contributed by atoms with Gasteiger partial charge in [-0.2, -0.15) is 0 Å². The van der Waals surface area contributed by atoms with Crippen molar-refractivity contribution < 1.29 is 4.79 Å². The Morgan fingerprint density at radius 2 is 1.85 bits per heavy atom. The Morgan fingerprint density at radius 1 is 1.15 bits per heavy atom. The summed E-state index contributed by atoms with van der Waals surface area (Å²) in [6.45, 7) is 2.30. The highest BCUT2D eigenvalue weighted by Crippen LogP contribution is 2.30. The largest absolute Gasteiger partial charge is 0.381 e. The fraction of sp³-hybridized carbons (Fsp3) is 0.562. The second-order valence-corrected chi connectivity index (χ2v) is 6.09. The number of likely N-dealkylation sites (tertiary alicyclic amines) is 1. The molecular formula is C16H23N3O. The molecule has 3 rings (SSSR count). The van der Waals surface area contributed by atoms with Crippen molar-refractivity contribution in [2.24, 2.45) is 5.92 Å². The lowest BCUT2D eigenvalue weighted by molar-refractivity contribution is -0.117. The van der Waals surface area contributed by atoms with Crippen LogP contribution in [0.3, 0.4) is 0 Å². The third-order valence-electron chi connectivity index (χ3n) is 4.10. The van der Waals surface area contributed by atoms with Crippen LogP contribution in [0.25, 0.3) is 0 Å². The van der Waals surface area contributed by atoms with E-state index in [-0.39, 0.29) is 11.8 Å². The molecule has 1 saturated carbocycles. The number of nitrogens with zero attached hydrogens (tertiary/aromatic N) is 1. The van der Waals surface area contributed by atoms with Crippen molar-refractivity contribution in [3.05, 3.63) is 24.3 Å². The summed E-state index contributed by atoms with van der Waals surface area (Å²) in [5, 5.41) is 6.54. The van der Waals surface area contributed by atoms with Gasteiger partial charge in [-0.15, -0.1) is 0 Å². The van der Waals surface area contributed by atoms with Crippen LogP contribution in [0.5, 0.6) is 0 Å². The fourth-order valence-corrected chi connectivity index (χ4v) is 2.76. The smallest absolute Gasteiger partial charge is 0.227 e. The Balaban J connectivity index is 1.54. The highest BCUT2D eigenvalue weighted by Gasteiger charge is 2.29. The van der Waals surface area contributed by atoms with Gasteiger partial charge in [-0.05, 0) is 63.5 Å². The van der Waals surface area contributed by atoms with Crippen LogP contribution in [-0.4, -0.2) is 37.0 Å². The summed E-state index contributed by atoms with van der Waals surface area (Å²) in [6.07, 6.45) is 4.57. The Morgan fingerprint density at radius 3 is 2.50 bits per heavy atom. The summed E-state index contributed by atoms with van der Waals surface area (Å²) in [4.78, 5) is 14.0. The van der Waals surface area contributed by atoms with Crippen LogP contribution >= 0.6 is 0 Å². The molecule has 1 heterocycles. The minimum atomic E-state index is 0.166. The molecule has 0 radical (unpaired) electrons. The van der Waals surface area contributed by atoms with E-state index in [1.165, 1.54) is 19.4 Å². The zero-order valence-corrected chi connectivity index (χ0v) is 12.1. The first-order valence-corrected chi connectivity index (χ1v) is 7.57. The van der Waals surface area contributed by atoms with E-state index in [2.05, 4.69) is 34.7 Å². The third-order valence-corrected chi connectivity index (χ3v) is 4.10. The second-order valence-electron chi connectivity index (χ2n) is 6.09. The lowest BCUT2D eigenvalue weighted by Crippen LogP contribution is -2.39. The van der Waals surface area contributed by atoms with E-state index in [9.17, 15) is 4.79 Å². The molecule has 1 aliphatic heterocycles.